The topological polar surface area (TPSA) is 40.1 Å². The molecule has 2 heterocycles. The van der Waals surface area contributed by atoms with E-state index in [1.54, 1.807) is 7.11 Å². The lowest BCUT2D eigenvalue weighted by Gasteiger charge is -2.35. The Kier molecular flexibility index (Phi) is 12.1. The molecule has 2 saturated heterocycles. The predicted octanol–water partition coefficient (Wildman–Crippen LogP) is 3.19. The normalized spacial score (nSPS) is 25.1. The van der Waals surface area contributed by atoms with E-state index in [0.29, 0.717) is 12.0 Å². The largest absolute Gasteiger partial charge is 0.384 e. The van der Waals surface area contributed by atoms with Gasteiger partial charge in [0.2, 0.25) is 0 Å². The molecule has 1 N–H and O–H groups in total. The third kappa shape index (κ3) is 7.59. The third-order valence-electron chi connectivity index (χ3n) is 5.32. The lowest BCUT2D eigenvalue weighted by atomic mass is 10.0. The summed E-state index contributed by atoms with van der Waals surface area (Å²) in [5, 5.41) is 3.50. The van der Waals surface area contributed by atoms with Crippen molar-refractivity contribution in [2.45, 2.75) is 58.4 Å². The third-order valence-corrected chi connectivity index (χ3v) is 5.32. The maximum absolute atomic E-state index is 5.33. The first-order valence-electron chi connectivity index (χ1n) is 10.0. The highest BCUT2D eigenvalue weighted by atomic mass is 127. The zero-order valence-electron chi connectivity index (χ0n) is 16.5. The molecule has 0 aliphatic carbocycles. The highest BCUT2D eigenvalue weighted by Crippen LogP contribution is 2.19. The number of hydrogen-bond acceptors (Lipinski definition) is 3. The fourth-order valence-electron chi connectivity index (χ4n) is 3.94. The van der Waals surface area contributed by atoms with Crippen LogP contribution in [0.15, 0.2) is 4.99 Å². The van der Waals surface area contributed by atoms with E-state index in [4.69, 9.17) is 9.73 Å². The van der Waals surface area contributed by atoms with Crippen LogP contribution < -0.4 is 5.32 Å². The first kappa shape index (κ1) is 23.0. The van der Waals surface area contributed by atoms with Crippen molar-refractivity contribution < 1.29 is 4.74 Å². The van der Waals surface area contributed by atoms with Crippen LogP contribution in [0.1, 0.15) is 52.4 Å². The van der Waals surface area contributed by atoms with Crippen molar-refractivity contribution in [2.24, 2.45) is 10.9 Å². The van der Waals surface area contributed by atoms with E-state index in [-0.39, 0.29) is 24.0 Å². The lowest BCUT2D eigenvalue weighted by molar-refractivity contribution is 0.150. The van der Waals surface area contributed by atoms with E-state index in [1.165, 1.54) is 51.6 Å². The Hall–Kier alpha value is -0.0800. The van der Waals surface area contributed by atoms with Crippen molar-refractivity contribution in [3.05, 3.63) is 0 Å². The average molecular weight is 466 g/mol. The summed E-state index contributed by atoms with van der Waals surface area (Å²) in [4.78, 5) is 10.1. The second-order valence-corrected chi connectivity index (χ2v) is 7.29. The second kappa shape index (κ2) is 13.1. The summed E-state index contributed by atoms with van der Waals surface area (Å²) >= 11 is 0. The predicted molar refractivity (Wildman–Crippen MR) is 117 cm³/mol. The number of ether oxygens (including phenoxy) is 1. The fourth-order valence-corrected chi connectivity index (χ4v) is 3.94. The van der Waals surface area contributed by atoms with Gasteiger partial charge in [0.25, 0.3) is 0 Å². The van der Waals surface area contributed by atoms with E-state index in [1.807, 2.05) is 0 Å². The number of methoxy groups -OCH3 is 1. The monoisotopic (exact) mass is 466 g/mol. The Labute approximate surface area is 172 Å². The molecule has 0 saturated carbocycles. The van der Waals surface area contributed by atoms with Crippen molar-refractivity contribution in [3.8, 4) is 0 Å². The van der Waals surface area contributed by atoms with Crippen LogP contribution in [0, 0.1) is 5.92 Å². The Bertz CT molecular complexity index is 380. The van der Waals surface area contributed by atoms with Crippen LogP contribution >= 0.6 is 24.0 Å². The molecule has 6 heteroatoms. The number of likely N-dealkylation sites (tertiary alicyclic amines) is 2. The number of aliphatic imine (C=N–C) groups is 1. The van der Waals surface area contributed by atoms with E-state index in [0.717, 1.165) is 38.7 Å². The van der Waals surface area contributed by atoms with Gasteiger partial charge in [-0.1, -0.05) is 19.8 Å². The zero-order chi connectivity index (χ0) is 17.2. The number of piperidine rings is 1. The SMILES string of the molecule is CCCCN1CCCCC1CN=C(NCC)N1CCC(COC)C1.I. The zero-order valence-corrected chi connectivity index (χ0v) is 18.8. The Morgan fingerprint density at radius 2 is 2.04 bits per heavy atom. The van der Waals surface area contributed by atoms with E-state index < -0.39 is 0 Å². The number of rotatable bonds is 8. The lowest BCUT2D eigenvalue weighted by Crippen LogP contribution is -2.44. The van der Waals surface area contributed by atoms with Crippen LogP contribution in [0.3, 0.4) is 0 Å². The molecule has 148 valence electrons. The van der Waals surface area contributed by atoms with Crippen molar-refractivity contribution in [1.29, 1.82) is 0 Å². The molecule has 0 radical (unpaired) electrons. The van der Waals surface area contributed by atoms with Crippen LogP contribution in [0.25, 0.3) is 0 Å². The highest BCUT2D eigenvalue weighted by molar-refractivity contribution is 14.0. The number of hydrogen-bond donors (Lipinski definition) is 1. The molecule has 0 aromatic carbocycles. The van der Waals surface area contributed by atoms with Gasteiger partial charge in [-0.05, 0) is 45.7 Å². The number of halogens is 1. The second-order valence-electron chi connectivity index (χ2n) is 7.29. The molecule has 0 spiro atoms. The molecular formula is C19H39IN4O. The Balaban J connectivity index is 0.00000312. The van der Waals surface area contributed by atoms with Crippen LogP contribution in [0.2, 0.25) is 0 Å². The molecule has 0 aromatic rings. The van der Waals surface area contributed by atoms with Gasteiger partial charge in [0.15, 0.2) is 5.96 Å². The summed E-state index contributed by atoms with van der Waals surface area (Å²) in [5.74, 6) is 1.76. The minimum Gasteiger partial charge on any atom is -0.384 e. The fraction of sp³-hybridized carbons (Fsp3) is 0.947. The first-order valence-corrected chi connectivity index (χ1v) is 10.0. The summed E-state index contributed by atoms with van der Waals surface area (Å²) in [6, 6.07) is 0.635. The summed E-state index contributed by atoms with van der Waals surface area (Å²) in [5.41, 5.74) is 0. The molecule has 2 aliphatic rings. The molecule has 2 aliphatic heterocycles. The highest BCUT2D eigenvalue weighted by Gasteiger charge is 2.26. The van der Waals surface area contributed by atoms with Gasteiger partial charge in [-0.15, -0.1) is 24.0 Å². The quantitative estimate of drug-likeness (QED) is 0.339. The van der Waals surface area contributed by atoms with Gasteiger partial charge in [0.1, 0.15) is 0 Å². The van der Waals surface area contributed by atoms with Gasteiger partial charge in [0, 0.05) is 38.7 Å². The maximum atomic E-state index is 5.33. The number of nitrogens with one attached hydrogen (secondary N) is 1. The van der Waals surface area contributed by atoms with Gasteiger partial charge in [-0.25, -0.2) is 0 Å². The van der Waals surface area contributed by atoms with Gasteiger partial charge in [-0.2, -0.15) is 0 Å². The molecule has 2 rings (SSSR count). The number of guanidine groups is 1. The van der Waals surface area contributed by atoms with Crippen LogP contribution in [-0.4, -0.2) is 74.8 Å². The minimum atomic E-state index is 0. The van der Waals surface area contributed by atoms with Gasteiger partial charge in [-0.3, -0.25) is 9.89 Å². The number of unbranched alkanes of at least 4 members (excludes halogenated alkanes) is 1. The van der Waals surface area contributed by atoms with Gasteiger partial charge >= 0.3 is 0 Å². The molecule has 5 nitrogen and oxygen atoms in total. The maximum Gasteiger partial charge on any atom is 0.193 e. The smallest absolute Gasteiger partial charge is 0.193 e. The van der Waals surface area contributed by atoms with Crippen LogP contribution in [0.5, 0.6) is 0 Å². The van der Waals surface area contributed by atoms with Crippen LogP contribution in [0.4, 0.5) is 0 Å². The summed E-state index contributed by atoms with van der Waals surface area (Å²) in [6.07, 6.45) is 7.83. The summed E-state index contributed by atoms with van der Waals surface area (Å²) < 4.78 is 5.33. The summed E-state index contributed by atoms with van der Waals surface area (Å²) in [6.45, 7) is 11.9. The minimum absolute atomic E-state index is 0. The first-order chi connectivity index (χ1) is 11.8. The Morgan fingerprint density at radius 1 is 1.20 bits per heavy atom. The average Bonchev–Trinajstić information content (AvgIpc) is 3.06. The standard InChI is InChI=1S/C19H38N4O.HI/c1-4-6-11-22-12-8-7-9-18(22)14-21-19(20-5-2)23-13-10-17(15-23)16-24-3;/h17-18H,4-16H2,1-3H3,(H,20,21);1H. The van der Waals surface area contributed by atoms with E-state index in [9.17, 15) is 0 Å². The van der Waals surface area contributed by atoms with Crippen molar-refractivity contribution in [2.75, 3.05) is 53.0 Å². The molecule has 0 amide bonds. The van der Waals surface area contributed by atoms with Crippen molar-refractivity contribution in [3.63, 3.8) is 0 Å². The molecule has 0 aromatic heterocycles. The molecule has 25 heavy (non-hydrogen) atoms. The van der Waals surface area contributed by atoms with E-state index >= 15 is 0 Å². The molecule has 0 bridgehead atoms. The molecule has 2 atom stereocenters. The molecule has 2 fully saturated rings. The number of nitrogens with zero attached hydrogens (tertiary/aromatic N) is 3. The van der Waals surface area contributed by atoms with E-state index in [2.05, 4.69) is 29.0 Å². The molecule has 2 unspecified atom stereocenters. The van der Waals surface area contributed by atoms with Crippen molar-refractivity contribution in [1.82, 2.24) is 15.1 Å². The van der Waals surface area contributed by atoms with Crippen molar-refractivity contribution >= 4 is 29.9 Å². The van der Waals surface area contributed by atoms with Crippen LogP contribution in [-0.2, 0) is 4.74 Å². The Morgan fingerprint density at radius 3 is 2.76 bits per heavy atom. The molecular weight excluding hydrogens is 427 g/mol. The van der Waals surface area contributed by atoms with Gasteiger partial charge < -0.3 is 15.0 Å². The summed E-state index contributed by atoms with van der Waals surface area (Å²) in [7, 11) is 1.80. The van der Waals surface area contributed by atoms with Gasteiger partial charge in [0.05, 0.1) is 13.2 Å².